The molecule has 6 heteroatoms. The highest BCUT2D eigenvalue weighted by atomic mass is 19.4. The Hall–Kier alpha value is -1.74. The fraction of sp³-hybridized carbons (Fsp3) is 0.417. The standard InChI is InChI=1S/C12H14F3N3/c1-2-10(7-17)18-11-4-3-9(12(13,14)15)5-8(11)6-16/h3-5,10,18H,2,7,17H2,1H3. The van der Waals surface area contributed by atoms with Gasteiger partial charge in [-0.2, -0.15) is 18.4 Å². The summed E-state index contributed by atoms with van der Waals surface area (Å²) in [4.78, 5) is 0. The molecule has 0 saturated heterocycles. The van der Waals surface area contributed by atoms with Crippen molar-refractivity contribution in [1.29, 1.82) is 5.26 Å². The van der Waals surface area contributed by atoms with Crippen LogP contribution in [0.2, 0.25) is 0 Å². The summed E-state index contributed by atoms with van der Waals surface area (Å²) in [5.41, 5.74) is 5.01. The zero-order chi connectivity index (χ0) is 13.8. The van der Waals surface area contributed by atoms with Crippen LogP contribution < -0.4 is 11.1 Å². The number of nitrogens with zero attached hydrogens (tertiary/aromatic N) is 1. The van der Waals surface area contributed by atoms with Crippen LogP contribution in [0.4, 0.5) is 18.9 Å². The van der Waals surface area contributed by atoms with Gasteiger partial charge >= 0.3 is 6.18 Å². The minimum absolute atomic E-state index is 0.0308. The van der Waals surface area contributed by atoms with Crippen molar-refractivity contribution >= 4 is 5.69 Å². The lowest BCUT2D eigenvalue weighted by atomic mass is 10.1. The third-order valence-electron chi connectivity index (χ3n) is 2.60. The average molecular weight is 257 g/mol. The summed E-state index contributed by atoms with van der Waals surface area (Å²) in [6.45, 7) is 2.25. The quantitative estimate of drug-likeness (QED) is 0.871. The first-order chi connectivity index (χ1) is 8.42. The lowest BCUT2D eigenvalue weighted by Gasteiger charge is -2.18. The smallest absolute Gasteiger partial charge is 0.380 e. The van der Waals surface area contributed by atoms with Crippen molar-refractivity contribution in [2.24, 2.45) is 5.73 Å². The predicted molar refractivity (Wildman–Crippen MR) is 62.9 cm³/mol. The monoisotopic (exact) mass is 257 g/mol. The molecule has 0 bridgehead atoms. The molecule has 1 rings (SSSR count). The number of rotatable bonds is 4. The number of anilines is 1. The van der Waals surface area contributed by atoms with E-state index in [1.54, 1.807) is 6.07 Å². The van der Waals surface area contributed by atoms with Gasteiger partial charge in [-0.25, -0.2) is 0 Å². The summed E-state index contributed by atoms with van der Waals surface area (Å²) >= 11 is 0. The van der Waals surface area contributed by atoms with E-state index in [-0.39, 0.29) is 11.6 Å². The Morgan fingerprint density at radius 2 is 2.11 bits per heavy atom. The number of benzene rings is 1. The lowest BCUT2D eigenvalue weighted by molar-refractivity contribution is -0.137. The maximum absolute atomic E-state index is 12.5. The Morgan fingerprint density at radius 3 is 2.56 bits per heavy atom. The Morgan fingerprint density at radius 1 is 1.44 bits per heavy atom. The maximum Gasteiger partial charge on any atom is 0.416 e. The molecule has 18 heavy (non-hydrogen) atoms. The molecule has 1 aromatic rings. The number of nitrogens with two attached hydrogens (primary N) is 1. The van der Waals surface area contributed by atoms with Gasteiger partial charge in [0.25, 0.3) is 0 Å². The Labute approximate surface area is 103 Å². The van der Waals surface area contributed by atoms with E-state index in [2.05, 4.69) is 5.32 Å². The number of nitrogens with one attached hydrogen (secondary N) is 1. The van der Waals surface area contributed by atoms with Gasteiger partial charge in [0.05, 0.1) is 16.8 Å². The molecule has 0 spiro atoms. The molecule has 0 heterocycles. The molecule has 1 unspecified atom stereocenters. The van der Waals surface area contributed by atoms with Gasteiger partial charge in [0, 0.05) is 12.6 Å². The third kappa shape index (κ3) is 3.37. The predicted octanol–water partition coefficient (Wildman–Crippen LogP) is 2.73. The average Bonchev–Trinajstić information content (AvgIpc) is 2.34. The molecule has 0 radical (unpaired) electrons. The lowest BCUT2D eigenvalue weighted by Crippen LogP contribution is -2.28. The maximum atomic E-state index is 12.5. The largest absolute Gasteiger partial charge is 0.416 e. The first kappa shape index (κ1) is 14.3. The highest BCUT2D eigenvalue weighted by molar-refractivity contribution is 5.59. The van der Waals surface area contributed by atoms with Crippen LogP contribution in [-0.4, -0.2) is 12.6 Å². The normalized spacial score (nSPS) is 12.9. The fourth-order valence-electron chi connectivity index (χ4n) is 1.49. The van der Waals surface area contributed by atoms with E-state index in [4.69, 9.17) is 11.0 Å². The number of hydrogen-bond acceptors (Lipinski definition) is 3. The van der Waals surface area contributed by atoms with E-state index in [0.717, 1.165) is 18.6 Å². The molecule has 0 fully saturated rings. The van der Waals surface area contributed by atoms with E-state index in [0.29, 0.717) is 12.2 Å². The molecule has 0 saturated carbocycles. The highest BCUT2D eigenvalue weighted by Gasteiger charge is 2.31. The van der Waals surface area contributed by atoms with E-state index < -0.39 is 11.7 Å². The van der Waals surface area contributed by atoms with Crippen LogP contribution in [0.1, 0.15) is 24.5 Å². The highest BCUT2D eigenvalue weighted by Crippen LogP contribution is 2.31. The second kappa shape index (κ2) is 5.74. The summed E-state index contributed by atoms with van der Waals surface area (Å²) in [6.07, 6.45) is -3.72. The first-order valence-corrected chi connectivity index (χ1v) is 5.50. The number of halogens is 3. The summed E-state index contributed by atoms with van der Waals surface area (Å²) < 4.78 is 37.4. The van der Waals surface area contributed by atoms with Crippen molar-refractivity contribution < 1.29 is 13.2 Å². The Balaban J connectivity index is 3.05. The molecule has 3 N–H and O–H groups in total. The molecule has 3 nitrogen and oxygen atoms in total. The minimum atomic E-state index is -4.44. The van der Waals surface area contributed by atoms with E-state index >= 15 is 0 Å². The second-order valence-corrected chi connectivity index (χ2v) is 3.86. The van der Waals surface area contributed by atoms with Crippen LogP contribution in [0.5, 0.6) is 0 Å². The van der Waals surface area contributed by atoms with E-state index in [1.165, 1.54) is 6.07 Å². The van der Waals surface area contributed by atoms with E-state index in [9.17, 15) is 13.2 Å². The van der Waals surface area contributed by atoms with Gasteiger partial charge in [0.1, 0.15) is 6.07 Å². The molecular formula is C12H14F3N3. The number of nitriles is 1. The van der Waals surface area contributed by atoms with Crippen molar-refractivity contribution in [3.05, 3.63) is 29.3 Å². The van der Waals surface area contributed by atoms with Crippen molar-refractivity contribution in [3.8, 4) is 6.07 Å². The van der Waals surface area contributed by atoms with Gasteiger partial charge in [0.2, 0.25) is 0 Å². The van der Waals surface area contributed by atoms with Crippen LogP contribution in [0.25, 0.3) is 0 Å². The van der Waals surface area contributed by atoms with Gasteiger partial charge in [0.15, 0.2) is 0 Å². The summed E-state index contributed by atoms with van der Waals surface area (Å²) in [5.74, 6) is 0. The molecule has 0 amide bonds. The van der Waals surface area contributed by atoms with Crippen LogP contribution >= 0.6 is 0 Å². The summed E-state index contributed by atoms with van der Waals surface area (Å²) in [6, 6.07) is 4.75. The van der Waals surface area contributed by atoms with Crippen LogP contribution in [0.3, 0.4) is 0 Å². The second-order valence-electron chi connectivity index (χ2n) is 3.86. The summed E-state index contributed by atoms with van der Waals surface area (Å²) in [7, 11) is 0. The van der Waals surface area contributed by atoms with Crippen LogP contribution in [0, 0.1) is 11.3 Å². The Bertz CT molecular complexity index is 445. The van der Waals surface area contributed by atoms with Crippen LogP contribution in [-0.2, 0) is 6.18 Å². The minimum Gasteiger partial charge on any atom is -0.380 e. The van der Waals surface area contributed by atoms with Crippen molar-refractivity contribution in [1.82, 2.24) is 0 Å². The van der Waals surface area contributed by atoms with Crippen LogP contribution in [0.15, 0.2) is 18.2 Å². The third-order valence-corrected chi connectivity index (χ3v) is 2.60. The van der Waals surface area contributed by atoms with Gasteiger partial charge in [-0.3, -0.25) is 0 Å². The molecule has 98 valence electrons. The Kier molecular flexibility index (Phi) is 4.56. The molecule has 1 aromatic carbocycles. The van der Waals surface area contributed by atoms with Crippen molar-refractivity contribution in [2.45, 2.75) is 25.6 Å². The number of hydrogen-bond donors (Lipinski definition) is 2. The van der Waals surface area contributed by atoms with Gasteiger partial charge in [-0.05, 0) is 24.6 Å². The zero-order valence-electron chi connectivity index (χ0n) is 9.88. The van der Waals surface area contributed by atoms with Gasteiger partial charge in [-0.15, -0.1) is 0 Å². The van der Waals surface area contributed by atoms with Gasteiger partial charge < -0.3 is 11.1 Å². The van der Waals surface area contributed by atoms with Crippen molar-refractivity contribution in [3.63, 3.8) is 0 Å². The number of alkyl halides is 3. The molecule has 0 aliphatic rings. The molecular weight excluding hydrogens is 243 g/mol. The molecule has 1 atom stereocenters. The summed E-state index contributed by atoms with van der Waals surface area (Å²) in [5, 5.41) is 11.8. The van der Waals surface area contributed by atoms with E-state index in [1.807, 2.05) is 6.92 Å². The topological polar surface area (TPSA) is 61.8 Å². The first-order valence-electron chi connectivity index (χ1n) is 5.50. The molecule has 0 aromatic heterocycles. The molecule has 0 aliphatic heterocycles. The molecule has 0 aliphatic carbocycles. The zero-order valence-corrected chi connectivity index (χ0v) is 9.88. The van der Waals surface area contributed by atoms with Gasteiger partial charge in [-0.1, -0.05) is 6.92 Å². The van der Waals surface area contributed by atoms with Crippen molar-refractivity contribution in [2.75, 3.05) is 11.9 Å². The SMILES string of the molecule is CCC(CN)Nc1ccc(C(F)(F)F)cc1C#N. The fourth-order valence-corrected chi connectivity index (χ4v) is 1.49.